The summed E-state index contributed by atoms with van der Waals surface area (Å²) in [5.41, 5.74) is 7.11. The Morgan fingerprint density at radius 3 is 2.48 bits per heavy atom. The minimum Gasteiger partial charge on any atom is -0.480 e. The fourth-order valence-electron chi connectivity index (χ4n) is 3.50. The molecule has 0 aliphatic carbocycles. The summed E-state index contributed by atoms with van der Waals surface area (Å²) in [5, 5.41) is 9.29. The summed E-state index contributed by atoms with van der Waals surface area (Å²) in [4.78, 5) is 9.66. The highest BCUT2D eigenvalue weighted by Crippen LogP contribution is 2.34. The van der Waals surface area contributed by atoms with Crippen LogP contribution in [0, 0.1) is 13.8 Å². The molecule has 144 valence electrons. The van der Waals surface area contributed by atoms with E-state index in [9.17, 15) is 5.11 Å². The Morgan fingerprint density at radius 2 is 1.85 bits per heavy atom. The highest BCUT2D eigenvalue weighted by atomic mass is 16.5. The topological polar surface area (TPSA) is 60.2 Å². The SMILES string of the molecule is COc1nc(C(C)C)ccc1-c1nc2c(C)cn([C@H](C)CCO)c2cc1C. The van der Waals surface area contributed by atoms with Crippen LogP contribution < -0.4 is 4.74 Å². The Kier molecular flexibility index (Phi) is 5.51. The van der Waals surface area contributed by atoms with Crippen LogP contribution in [0.25, 0.3) is 22.3 Å². The monoisotopic (exact) mass is 367 g/mol. The average Bonchev–Trinajstić information content (AvgIpc) is 2.96. The third kappa shape index (κ3) is 3.56. The van der Waals surface area contributed by atoms with Crippen LogP contribution in [0.4, 0.5) is 0 Å². The van der Waals surface area contributed by atoms with Crippen molar-refractivity contribution in [3.8, 4) is 17.1 Å². The number of ether oxygens (including phenoxy) is 1. The van der Waals surface area contributed by atoms with Gasteiger partial charge in [0.2, 0.25) is 5.88 Å². The number of methoxy groups -OCH3 is 1. The highest BCUT2D eigenvalue weighted by molar-refractivity contribution is 5.85. The second kappa shape index (κ2) is 7.69. The van der Waals surface area contributed by atoms with Crippen molar-refractivity contribution < 1.29 is 9.84 Å². The van der Waals surface area contributed by atoms with Crippen molar-refractivity contribution in [2.24, 2.45) is 0 Å². The smallest absolute Gasteiger partial charge is 0.222 e. The van der Waals surface area contributed by atoms with Gasteiger partial charge < -0.3 is 14.4 Å². The number of hydrogen-bond donors (Lipinski definition) is 1. The summed E-state index contributed by atoms with van der Waals surface area (Å²) in [7, 11) is 1.65. The molecule has 0 fully saturated rings. The zero-order valence-electron chi connectivity index (χ0n) is 17.1. The normalized spacial score (nSPS) is 12.7. The summed E-state index contributed by atoms with van der Waals surface area (Å²) in [6, 6.07) is 6.51. The first kappa shape index (κ1) is 19.4. The summed E-state index contributed by atoms with van der Waals surface area (Å²) in [6.45, 7) is 10.7. The molecule has 0 unspecified atom stereocenters. The van der Waals surface area contributed by atoms with Crippen LogP contribution in [0.3, 0.4) is 0 Å². The molecule has 1 atom stereocenters. The quantitative estimate of drug-likeness (QED) is 0.680. The first-order valence-corrected chi connectivity index (χ1v) is 9.52. The number of fused-ring (bicyclic) bond motifs is 1. The Morgan fingerprint density at radius 1 is 1.11 bits per heavy atom. The largest absolute Gasteiger partial charge is 0.480 e. The first-order chi connectivity index (χ1) is 12.9. The number of nitrogens with zero attached hydrogens (tertiary/aromatic N) is 3. The third-order valence-electron chi connectivity index (χ3n) is 5.12. The molecule has 3 aromatic rings. The van der Waals surface area contributed by atoms with Crippen LogP contribution in [-0.2, 0) is 0 Å². The molecule has 3 aromatic heterocycles. The van der Waals surface area contributed by atoms with Crippen molar-refractivity contribution in [1.29, 1.82) is 0 Å². The zero-order chi connectivity index (χ0) is 19.7. The molecule has 0 saturated heterocycles. The van der Waals surface area contributed by atoms with E-state index < -0.39 is 0 Å². The molecule has 5 heteroatoms. The van der Waals surface area contributed by atoms with Gasteiger partial charge in [-0.1, -0.05) is 13.8 Å². The second-order valence-corrected chi connectivity index (χ2v) is 7.55. The number of aliphatic hydroxyl groups excluding tert-OH is 1. The van der Waals surface area contributed by atoms with Gasteiger partial charge in [0, 0.05) is 24.5 Å². The van der Waals surface area contributed by atoms with Crippen molar-refractivity contribution in [3.63, 3.8) is 0 Å². The van der Waals surface area contributed by atoms with E-state index in [1.54, 1.807) is 7.11 Å². The molecule has 27 heavy (non-hydrogen) atoms. The van der Waals surface area contributed by atoms with E-state index in [1.165, 1.54) is 0 Å². The van der Waals surface area contributed by atoms with Crippen LogP contribution in [-0.4, -0.2) is 33.4 Å². The van der Waals surface area contributed by atoms with Crippen LogP contribution in [0.15, 0.2) is 24.4 Å². The molecule has 0 aliphatic heterocycles. The van der Waals surface area contributed by atoms with E-state index >= 15 is 0 Å². The zero-order valence-corrected chi connectivity index (χ0v) is 17.1. The maximum Gasteiger partial charge on any atom is 0.222 e. The van der Waals surface area contributed by atoms with Gasteiger partial charge in [-0.2, -0.15) is 0 Å². The van der Waals surface area contributed by atoms with E-state index in [0.717, 1.165) is 45.5 Å². The minimum atomic E-state index is 0.176. The molecular formula is C22H29N3O2. The van der Waals surface area contributed by atoms with Gasteiger partial charge >= 0.3 is 0 Å². The van der Waals surface area contributed by atoms with Crippen molar-refractivity contribution in [1.82, 2.24) is 14.5 Å². The van der Waals surface area contributed by atoms with Crippen LogP contribution in [0.5, 0.6) is 5.88 Å². The van der Waals surface area contributed by atoms with Gasteiger partial charge in [-0.05, 0) is 62.4 Å². The van der Waals surface area contributed by atoms with Crippen LogP contribution in [0.2, 0.25) is 0 Å². The van der Waals surface area contributed by atoms with E-state index in [4.69, 9.17) is 9.72 Å². The number of aryl methyl sites for hydroxylation is 2. The third-order valence-corrected chi connectivity index (χ3v) is 5.12. The standard InChI is InChI=1S/C22H29N3O2/c1-13(2)18-8-7-17(22(23-18)27-6)20-14(3)11-19-21(24-20)15(4)12-25(19)16(5)9-10-26/h7-8,11-13,16,26H,9-10H2,1-6H3/t16-/m1/s1. The van der Waals surface area contributed by atoms with Gasteiger partial charge in [-0.3, -0.25) is 0 Å². The minimum absolute atomic E-state index is 0.176. The van der Waals surface area contributed by atoms with Crippen molar-refractivity contribution in [3.05, 3.63) is 41.2 Å². The van der Waals surface area contributed by atoms with Crippen LogP contribution >= 0.6 is 0 Å². The Hall–Kier alpha value is -2.40. The summed E-state index contributed by atoms with van der Waals surface area (Å²) < 4.78 is 7.79. The predicted molar refractivity (Wildman–Crippen MR) is 109 cm³/mol. The summed E-state index contributed by atoms with van der Waals surface area (Å²) in [5.74, 6) is 0.954. The van der Waals surface area contributed by atoms with Gasteiger partial charge in [0.1, 0.15) is 0 Å². The van der Waals surface area contributed by atoms with Crippen molar-refractivity contribution in [2.45, 2.75) is 53.0 Å². The maximum atomic E-state index is 9.29. The van der Waals surface area contributed by atoms with Gasteiger partial charge in [-0.15, -0.1) is 0 Å². The molecule has 3 rings (SSSR count). The average molecular weight is 367 g/mol. The van der Waals surface area contributed by atoms with Crippen molar-refractivity contribution in [2.75, 3.05) is 13.7 Å². The Balaban J connectivity index is 2.17. The van der Waals surface area contributed by atoms with Gasteiger partial charge in [-0.25, -0.2) is 9.97 Å². The highest BCUT2D eigenvalue weighted by Gasteiger charge is 2.18. The number of pyridine rings is 2. The lowest BCUT2D eigenvalue weighted by molar-refractivity contribution is 0.264. The summed E-state index contributed by atoms with van der Waals surface area (Å²) in [6.07, 6.45) is 2.84. The lowest BCUT2D eigenvalue weighted by atomic mass is 10.0. The lowest BCUT2D eigenvalue weighted by Crippen LogP contribution is -2.06. The van der Waals surface area contributed by atoms with Gasteiger partial charge in [0.25, 0.3) is 0 Å². The van der Waals surface area contributed by atoms with Crippen LogP contribution in [0.1, 0.15) is 56.0 Å². The van der Waals surface area contributed by atoms with Gasteiger partial charge in [0.15, 0.2) is 0 Å². The number of hydrogen-bond acceptors (Lipinski definition) is 4. The molecule has 0 spiro atoms. The molecule has 0 aromatic carbocycles. The molecule has 0 bridgehead atoms. The predicted octanol–water partition coefficient (Wildman–Crippen LogP) is 4.79. The summed E-state index contributed by atoms with van der Waals surface area (Å²) >= 11 is 0. The molecule has 5 nitrogen and oxygen atoms in total. The van der Waals surface area contributed by atoms with E-state index in [2.05, 4.69) is 68.6 Å². The maximum absolute atomic E-state index is 9.29. The lowest BCUT2D eigenvalue weighted by Gasteiger charge is -2.15. The van der Waals surface area contributed by atoms with Crippen molar-refractivity contribution >= 4 is 11.0 Å². The Labute approximate surface area is 161 Å². The molecule has 0 saturated carbocycles. The molecule has 3 heterocycles. The first-order valence-electron chi connectivity index (χ1n) is 9.52. The van der Waals surface area contributed by atoms with Gasteiger partial charge in [0.05, 0.1) is 29.4 Å². The number of aromatic nitrogens is 3. The molecular weight excluding hydrogens is 338 g/mol. The van der Waals surface area contributed by atoms with E-state index in [-0.39, 0.29) is 12.6 Å². The fraction of sp³-hybridized carbons (Fsp3) is 0.455. The molecule has 0 radical (unpaired) electrons. The van der Waals surface area contributed by atoms with E-state index in [0.29, 0.717) is 11.8 Å². The van der Waals surface area contributed by atoms with E-state index in [1.807, 2.05) is 0 Å². The number of aliphatic hydroxyl groups is 1. The second-order valence-electron chi connectivity index (χ2n) is 7.55. The molecule has 0 aliphatic rings. The Bertz CT molecular complexity index is 960. The number of rotatable bonds is 6. The molecule has 1 N–H and O–H groups in total. The fourth-order valence-corrected chi connectivity index (χ4v) is 3.50. The molecule has 0 amide bonds.